The summed E-state index contributed by atoms with van der Waals surface area (Å²) >= 11 is 7.93. The van der Waals surface area contributed by atoms with Gasteiger partial charge in [0.05, 0.1) is 5.97 Å². The van der Waals surface area contributed by atoms with E-state index in [0.717, 1.165) is 0 Å². The van der Waals surface area contributed by atoms with Gasteiger partial charge in [0, 0.05) is 0 Å². The molecule has 3 aromatic rings. The van der Waals surface area contributed by atoms with Crippen LogP contribution in [0.25, 0.3) is 0 Å². The van der Waals surface area contributed by atoms with Crippen LogP contribution in [0.3, 0.4) is 0 Å². The van der Waals surface area contributed by atoms with E-state index in [9.17, 15) is 9.90 Å². The minimum atomic E-state index is -1.83. The zero-order valence-electron chi connectivity index (χ0n) is 13.8. The van der Waals surface area contributed by atoms with Crippen molar-refractivity contribution in [2.24, 2.45) is 0 Å². The number of carboxylic acids is 1. The standard InChI is InChI=1S/3C6H5.C3H2Cl2O2.Sb/c3*1-2-4-6-5-3-1;4-2(5)1-3(6)7;/h3*1-5H;1H,(H,6,7);/q;;;;+1/p-1. The van der Waals surface area contributed by atoms with Crippen molar-refractivity contribution in [3.8, 4) is 0 Å². The quantitative estimate of drug-likeness (QED) is 0.414. The first kappa shape index (κ1) is 20.6. The molecule has 5 heteroatoms. The summed E-state index contributed by atoms with van der Waals surface area (Å²) in [6.07, 6.45) is 0.586. The van der Waals surface area contributed by atoms with Gasteiger partial charge in [-0.2, -0.15) is 0 Å². The van der Waals surface area contributed by atoms with Crippen molar-refractivity contribution in [3.63, 3.8) is 0 Å². The second-order valence-electron chi connectivity index (χ2n) is 5.10. The van der Waals surface area contributed by atoms with Crippen molar-refractivity contribution in [2.45, 2.75) is 0 Å². The van der Waals surface area contributed by atoms with E-state index >= 15 is 0 Å². The first-order valence-corrected chi connectivity index (χ1v) is 12.4. The van der Waals surface area contributed by atoms with Crippen LogP contribution >= 0.6 is 23.2 Å². The Balaban J connectivity index is 0.000000298. The van der Waals surface area contributed by atoms with Crippen molar-refractivity contribution in [3.05, 3.63) is 102 Å². The number of hydrogen-bond donors (Lipinski definition) is 0. The van der Waals surface area contributed by atoms with Crippen molar-refractivity contribution in [2.75, 3.05) is 0 Å². The normalized spacial score (nSPS) is 9.81. The summed E-state index contributed by atoms with van der Waals surface area (Å²) in [7, 11) is 0. The summed E-state index contributed by atoms with van der Waals surface area (Å²) in [4.78, 5) is 9.45. The molecule has 0 saturated heterocycles. The Bertz CT molecular complexity index is 740. The maximum atomic E-state index is 9.45. The number of rotatable bonds is 4. The van der Waals surface area contributed by atoms with E-state index in [1.165, 1.54) is 10.5 Å². The first-order valence-electron chi connectivity index (χ1n) is 7.77. The fourth-order valence-electron chi connectivity index (χ4n) is 2.27. The van der Waals surface area contributed by atoms with E-state index in [0.29, 0.717) is 6.08 Å². The van der Waals surface area contributed by atoms with E-state index in [4.69, 9.17) is 23.2 Å². The maximum absolute atomic E-state index is 9.45. The summed E-state index contributed by atoms with van der Waals surface area (Å²) in [5, 5.41) is 9.45. The summed E-state index contributed by atoms with van der Waals surface area (Å²) in [6, 6.07) is 32.9. The van der Waals surface area contributed by atoms with Crippen LogP contribution in [0.2, 0.25) is 0 Å². The molecule has 0 atom stereocenters. The zero-order valence-corrected chi connectivity index (χ0v) is 17.8. The molecule has 131 valence electrons. The molecule has 26 heavy (non-hydrogen) atoms. The zero-order chi connectivity index (χ0) is 18.8. The molecular formula is C21H16Cl2O2Sb. The van der Waals surface area contributed by atoms with Crippen molar-refractivity contribution in [1.29, 1.82) is 0 Å². The fraction of sp³-hybridized carbons (Fsp3) is 0. The van der Waals surface area contributed by atoms with Crippen LogP contribution in [0.15, 0.2) is 102 Å². The van der Waals surface area contributed by atoms with E-state index in [-0.39, 0.29) is 4.49 Å². The van der Waals surface area contributed by atoms with Crippen LogP contribution in [0.1, 0.15) is 0 Å². The van der Waals surface area contributed by atoms with Crippen LogP contribution in [-0.4, -0.2) is 26.2 Å². The molecule has 0 aromatic heterocycles. The molecule has 2 nitrogen and oxygen atoms in total. The van der Waals surface area contributed by atoms with Crippen molar-refractivity contribution >= 4 is 59.9 Å². The third-order valence-electron chi connectivity index (χ3n) is 3.27. The van der Waals surface area contributed by atoms with Crippen molar-refractivity contribution in [1.82, 2.24) is 0 Å². The third kappa shape index (κ3) is 6.88. The van der Waals surface area contributed by atoms with E-state index in [1.54, 1.807) is 0 Å². The molecule has 0 unspecified atom stereocenters. The molecule has 0 bridgehead atoms. The molecular weight excluding hydrogens is 477 g/mol. The molecule has 0 amide bonds. The number of carboxylic acid groups (broad SMARTS) is 1. The molecule has 3 rings (SSSR count). The number of benzene rings is 3. The van der Waals surface area contributed by atoms with Crippen LogP contribution in [-0.2, 0) is 4.79 Å². The average Bonchev–Trinajstić information content (AvgIpc) is 2.64. The van der Waals surface area contributed by atoms with Crippen LogP contribution < -0.4 is 15.6 Å². The molecule has 0 N–H and O–H groups in total. The second-order valence-corrected chi connectivity index (χ2v) is 12.4. The third-order valence-corrected chi connectivity index (χ3v) is 10.5. The van der Waals surface area contributed by atoms with E-state index in [1.807, 2.05) is 0 Å². The van der Waals surface area contributed by atoms with Gasteiger partial charge < -0.3 is 9.90 Å². The average molecular weight is 493 g/mol. The van der Waals surface area contributed by atoms with Gasteiger partial charge in [-0.25, -0.2) is 0 Å². The Morgan fingerprint density at radius 2 is 1.00 bits per heavy atom. The van der Waals surface area contributed by atoms with E-state index in [2.05, 4.69) is 91.0 Å². The van der Waals surface area contributed by atoms with Gasteiger partial charge in [-0.3, -0.25) is 0 Å². The van der Waals surface area contributed by atoms with Gasteiger partial charge in [-0.15, -0.1) is 0 Å². The molecule has 0 aliphatic rings. The summed E-state index contributed by atoms with van der Waals surface area (Å²) in [5.74, 6) is -1.39. The fourth-order valence-corrected chi connectivity index (χ4v) is 9.03. The second kappa shape index (κ2) is 11.1. The Labute approximate surface area is 170 Å². The SMILES string of the molecule is O=C([O-])C=C(Cl)Cl.c1cc[c]([Sb+]([c]2ccccc2)[c]2ccccc2)cc1. The topological polar surface area (TPSA) is 40.1 Å². The molecule has 0 aliphatic heterocycles. The molecule has 3 aromatic carbocycles. The van der Waals surface area contributed by atoms with Gasteiger partial charge >= 0.3 is 122 Å². The van der Waals surface area contributed by atoms with Crippen molar-refractivity contribution < 1.29 is 9.90 Å². The Morgan fingerprint density at radius 1 is 0.692 bits per heavy atom. The molecule has 0 heterocycles. The van der Waals surface area contributed by atoms with Crippen LogP contribution in [0, 0.1) is 0 Å². The number of halogens is 2. The molecule has 1 radical (unpaired) electrons. The number of carbonyl (C=O) groups excluding carboxylic acids is 1. The van der Waals surface area contributed by atoms with Gasteiger partial charge in [-0.05, 0) is 6.08 Å². The van der Waals surface area contributed by atoms with Gasteiger partial charge in [0.2, 0.25) is 0 Å². The molecule has 0 fully saturated rings. The molecule has 0 aliphatic carbocycles. The summed E-state index contributed by atoms with van der Waals surface area (Å²) < 4.78 is 4.24. The number of aliphatic carboxylic acids is 1. The Kier molecular flexibility index (Phi) is 8.77. The summed E-state index contributed by atoms with van der Waals surface area (Å²) in [5.41, 5.74) is 0. The minimum absolute atomic E-state index is 0.306. The van der Waals surface area contributed by atoms with Crippen LogP contribution in [0.4, 0.5) is 0 Å². The van der Waals surface area contributed by atoms with E-state index < -0.39 is 26.2 Å². The predicted molar refractivity (Wildman–Crippen MR) is 109 cm³/mol. The van der Waals surface area contributed by atoms with Gasteiger partial charge in [-0.1, -0.05) is 23.2 Å². The van der Waals surface area contributed by atoms with Gasteiger partial charge in [0.15, 0.2) is 0 Å². The van der Waals surface area contributed by atoms with Crippen LogP contribution in [0.5, 0.6) is 0 Å². The number of carbonyl (C=O) groups is 1. The molecule has 0 saturated carbocycles. The Morgan fingerprint density at radius 3 is 1.19 bits per heavy atom. The summed E-state index contributed by atoms with van der Waals surface area (Å²) in [6.45, 7) is 0. The molecule has 0 spiro atoms. The van der Waals surface area contributed by atoms with Gasteiger partial charge in [0.25, 0.3) is 0 Å². The predicted octanol–water partition coefficient (Wildman–Crippen LogP) is 2.26. The Hall–Kier alpha value is -1.73. The first-order chi connectivity index (χ1) is 12.6. The monoisotopic (exact) mass is 491 g/mol. The number of hydrogen-bond acceptors (Lipinski definition) is 2. The van der Waals surface area contributed by atoms with Gasteiger partial charge in [0.1, 0.15) is 4.49 Å².